The van der Waals surface area contributed by atoms with E-state index in [2.05, 4.69) is 21.8 Å². The molecule has 2 aromatic rings. The molecule has 0 amide bonds. The molecular formula is C15H18FN3OS. The van der Waals surface area contributed by atoms with Gasteiger partial charge in [-0.15, -0.1) is 11.3 Å². The summed E-state index contributed by atoms with van der Waals surface area (Å²) in [5.41, 5.74) is 3.04. The Morgan fingerprint density at radius 2 is 2.33 bits per heavy atom. The van der Waals surface area contributed by atoms with E-state index in [4.69, 9.17) is 4.74 Å². The lowest BCUT2D eigenvalue weighted by Gasteiger charge is -2.15. The molecule has 112 valence electrons. The zero-order valence-corrected chi connectivity index (χ0v) is 12.8. The summed E-state index contributed by atoms with van der Waals surface area (Å²) in [6.07, 6.45) is 2.31. The molecule has 1 unspecified atom stereocenters. The number of thiazole rings is 1. The molecule has 6 heteroatoms. The third-order valence-electron chi connectivity index (χ3n) is 3.75. The van der Waals surface area contributed by atoms with Crippen LogP contribution < -0.4 is 4.74 Å². The van der Waals surface area contributed by atoms with E-state index in [-0.39, 0.29) is 5.82 Å². The van der Waals surface area contributed by atoms with Gasteiger partial charge in [0.1, 0.15) is 5.82 Å². The number of aromatic nitrogens is 2. The lowest BCUT2D eigenvalue weighted by molar-refractivity contribution is 0.232. The summed E-state index contributed by atoms with van der Waals surface area (Å²) in [5, 5.41) is 0. The Balaban J connectivity index is 1.46. The maximum Gasteiger partial charge on any atom is 0.213 e. The van der Waals surface area contributed by atoms with Gasteiger partial charge in [0, 0.05) is 30.0 Å². The van der Waals surface area contributed by atoms with Gasteiger partial charge in [0.15, 0.2) is 0 Å². The minimum absolute atomic E-state index is 0.339. The van der Waals surface area contributed by atoms with Gasteiger partial charge < -0.3 is 4.74 Å². The minimum Gasteiger partial charge on any atom is -0.477 e. The molecule has 0 aliphatic carbocycles. The van der Waals surface area contributed by atoms with E-state index in [1.165, 1.54) is 17.1 Å². The number of nitrogens with zero attached hydrogens (tertiary/aromatic N) is 3. The maximum atomic E-state index is 12.8. The van der Waals surface area contributed by atoms with Crippen LogP contribution in [0.4, 0.5) is 4.39 Å². The van der Waals surface area contributed by atoms with E-state index in [1.54, 1.807) is 17.4 Å². The molecule has 3 rings (SSSR count). The number of likely N-dealkylation sites (tertiary alicyclic amines) is 1. The molecule has 1 fully saturated rings. The largest absolute Gasteiger partial charge is 0.477 e. The van der Waals surface area contributed by atoms with E-state index in [0.717, 1.165) is 31.7 Å². The molecule has 1 saturated heterocycles. The highest BCUT2D eigenvalue weighted by molar-refractivity contribution is 7.09. The normalized spacial score (nSPS) is 19.0. The van der Waals surface area contributed by atoms with Crippen LogP contribution in [0, 0.1) is 18.7 Å². The highest BCUT2D eigenvalue weighted by Crippen LogP contribution is 2.22. The number of ether oxygens (including phenoxy) is 1. The van der Waals surface area contributed by atoms with Gasteiger partial charge in [-0.2, -0.15) is 0 Å². The standard InChI is InChI=1S/C15H18FN3OS/c1-11-14(21-10-18-11)8-19-5-4-12(7-19)9-20-15-3-2-13(16)6-17-15/h2-3,6,10,12H,4-5,7-9H2,1H3. The van der Waals surface area contributed by atoms with Crippen LogP contribution in [0.15, 0.2) is 23.8 Å². The van der Waals surface area contributed by atoms with Crippen LogP contribution in [0.3, 0.4) is 0 Å². The average molecular weight is 307 g/mol. The topological polar surface area (TPSA) is 38.2 Å². The first-order chi connectivity index (χ1) is 10.2. The molecule has 0 radical (unpaired) electrons. The Kier molecular flexibility index (Phi) is 4.45. The van der Waals surface area contributed by atoms with E-state index in [9.17, 15) is 4.39 Å². The van der Waals surface area contributed by atoms with E-state index < -0.39 is 0 Å². The third kappa shape index (κ3) is 3.77. The fraction of sp³-hybridized carbons (Fsp3) is 0.467. The monoisotopic (exact) mass is 307 g/mol. The Labute approximate surface area is 127 Å². The zero-order chi connectivity index (χ0) is 14.7. The van der Waals surface area contributed by atoms with Crippen molar-refractivity contribution in [2.75, 3.05) is 19.7 Å². The summed E-state index contributed by atoms with van der Waals surface area (Å²) in [6.45, 7) is 5.78. The molecular weight excluding hydrogens is 289 g/mol. The van der Waals surface area contributed by atoms with Gasteiger partial charge in [-0.1, -0.05) is 0 Å². The first kappa shape index (κ1) is 14.4. The quantitative estimate of drug-likeness (QED) is 0.851. The molecule has 1 atom stereocenters. The van der Waals surface area contributed by atoms with Crippen molar-refractivity contribution >= 4 is 11.3 Å². The van der Waals surface area contributed by atoms with E-state index >= 15 is 0 Å². The molecule has 1 aliphatic rings. The van der Waals surface area contributed by atoms with Crippen molar-refractivity contribution in [3.63, 3.8) is 0 Å². The Hall–Kier alpha value is -1.53. The van der Waals surface area contributed by atoms with Crippen molar-refractivity contribution < 1.29 is 9.13 Å². The fourth-order valence-electron chi connectivity index (χ4n) is 2.52. The van der Waals surface area contributed by atoms with Crippen LogP contribution in [-0.2, 0) is 6.54 Å². The van der Waals surface area contributed by atoms with Crippen LogP contribution in [0.5, 0.6) is 5.88 Å². The van der Waals surface area contributed by atoms with Crippen LogP contribution in [0.1, 0.15) is 17.0 Å². The number of halogens is 1. The van der Waals surface area contributed by atoms with Gasteiger partial charge in [-0.25, -0.2) is 14.4 Å². The first-order valence-corrected chi connectivity index (χ1v) is 7.94. The van der Waals surface area contributed by atoms with Crippen molar-refractivity contribution in [1.29, 1.82) is 0 Å². The number of pyridine rings is 1. The van der Waals surface area contributed by atoms with Crippen LogP contribution in [0.2, 0.25) is 0 Å². The van der Waals surface area contributed by atoms with Crippen LogP contribution >= 0.6 is 11.3 Å². The fourth-order valence-corrected chi connectivity index (χ4v) is 3.34. The first-order valence-electron chi connectivity index (χ1n) is 7.06. The second kappa shape index (κ2) is 6.49. The number of rotatable bonds is 5. The van der Waals surface area contributed by atoms with Crippen molar-refractivity contribution in [1.82, 2.24) is 14.9 Å². The molecule has 0 saturated carbocycles. The second-order valence-corrected chi connectivity index (χ2v) is 6.32. The summed E-state index contributed by atoms with van der Waals surface area (Å²) in [4.78, 5) is 12.0. The predicted octanol–water partition coefficient (Wildman–Crippen LogP) is 2.89. The van der Waals surface area contributed by atoms with Crippen molar-refractivity contribution in [3.8, 4) is 5.88 Å². The molecule has 3 heterocycles. The third-order valence-corrected chi connectivity index (χ3v) is 4.67. The maximum absolute atomic E-state index is 12.8. The molecule has 2 aromatic heterocycles. The minimum atomic E-state index is -0.339. The second-order valence-electron chi connectivity index (χ2n) is 5.38. The lowest BCUT2D eigenvalue weighted by Crippen LogP contribution is -2.22. The summed E-state index contributed by atoms with van der Waals surface area (Å²) < 4.78 is 18.4. The predicted molar refractivity (Wildman–Crippen MR) is 79.9 cm³/mol. The van der Waals surface area contributed by atoms with Gasteiger partial charge >= 0.3 is 0 Å². The van der Waals surface area contributed by atoms with Crippen molar-refractivity contribution in [3.05, 3.63) is 40.2 Å². The lowest BCUT2D eigenvalue weighted by atomic mass is 10.1. The molecule has 21 heavy (non-hydrogen) atoms. The number of aryl methyl sites for hydroxylation is 1. The molecule has 0 aromatic carbocycles. The molecule has 4 nitrogen and oxygen atoms in total. The van der Waals surface area contributed by atoms with Gasteiger partial charge in [0.05, 0.1) is 24.0 Å². The smallest absolute Gasteiger partial charge is 0.213 e. The number of hydrogen-bond donors (Lipinski definition) is 0. The van der Waals surface area contributed by atoms with Gasteiger partial charge in [0.2, 0.25) is 5.88 Å². The van der Waals surface area contributed by atoms with Crippen LogP contribution in [0.25, 0.3) is 0 Å². The Morgan fingerprint density at radius 3 is 3.05 bits per heavy atom. The molecule has 0 spiro atoms. The highest BCUT2D eigenvalue weighted by Gasteiger charge is 2.24. The number of hydrogen-bond acceptors (Lipinski definition) is 5. The van der Waals surface area contributed by atoms with Gasteiger partial charge in [-0.05, 0) is 26.0 Å². The van der Waals surface area contributed by atoms with Gasteiger partial charge in [-0.3, -0.25) is 4.90 Å². The SMILES string of the molecule is Cc1ncsc1CN1CCC(COc2ccc(F)cn2)C1. The van der Waals surface area contributed by atoms with Crippen molar-refractivity contribution in [2.45, 2.75) is 19.9 Å². The average Bonchev–Trinajstić information content (AvgIpc) is 3.09. The van der Waals surface area contributed by atoms with E-state index in [1.807, 2.05) is 5.51 Å². The molecule has 1 aliphatic heterocycles. The van der Waals surface area contributed by atoms with Crippen LogP contribution in [-0.4, -0.2) is 34.6 Å². The summed E-state index contributed by atoms with van der Waals surface area (Å²) >= 11 is 1.72. The molecule has 0 bridgehead atoms. The Bertz CT molecular complexity index is 587. The highest BCUT2D eigenvalue weighted by atomic mass is 32.1. The summed E-state index contributed by atoms with van der Waals surface area (Å²) in [7, 11) is 0. The van der Waals surface area contributed by atoms with Crippen molar-refractivity contribution in [2.24, 2.45) is 5.92 Å². The summed E-state index contributed by atoms with van der Waals surface area (Å²) in [6, 6.07) is 2.94. The van der Waals surface area contributed by atoms with Gasteiger partial charge in [0.25, 0.3) is 0 Å². The summed E-state index contributed by atoms with van der Waals surface area (Å²) in [5.74, 6) is 0.660. The Morgan fingerprint density at radius 1 is 1.43 bits per heavy atom. The molecule has 0 N–H and O–H groups in total. The zero-order valence-electron chi connectivity index (χ0n) is 12.0. The van der Waals surface area contributed by atoms with E-state index in [0.29, 0.717) is 18.4 Å².